The first kappa shape index (κ1) is 14.5. The molecule has 1 aliphatic carbocycles. The number of rotatable bonds is 5. The largest absolute Gasteiger partial charge is 0.377 e. The number of hydrogen-bond donors (Lipinski definition) is 1. The average Bonchev–Trinajstić information content (AvgIpc) is 2.45. The zero-order valence-electron chi connectivity index (χ0n) is 12.5. The summed E-state index contributed by atoms with van der Waals surface area (Å²) < 4.78 is 5.97. The van der Waals surface area contributed by atoms with E-state index in [0.29, 0.717) is 6.04 Å². The number of methoxy groups -OCH3 is 1. The summed E-state index contributed by atoms with van der Waals surface area (Å²) in [4.78, 5) is 0. The van der Waals surface area contributed by atoms with Crippen molar-refractivity contribution in [2.24, 2.45) is 0 Å². The van der Waals surface area contributed by atoms with Crippen LogP contribution in [-0.4, -0.2) is 25.8 Å². The monoisotopic (exact) mass is 261 g/mol. The van der Waals surface area contributed by atoms with E-state index in [9.17, 15) is 0 Å². The number of ether oxygens (including phenoxy) is 1. The summed E-state index contributed by atoms with van der Waals surface area (Å²) in [6.45, 7) is 2.16. The lowest BCUT2D eigenvalue weighted by molar-refractivity contribution is -0.0657. The maximum atomic E-state index is 5.97. The van der Waals surface area contributed by atoms with Crippen molar-refractivity contribution < 1.29 is 4.74 Å². The van der Waals surface area contributed by atoms with Gasteiger partial charge in [0.2, 0.25) is 0 Å². The molecule has 1 aromatic rings. The van der Waals surface area contributed by atoms with Gasteiger partial charge in [0, 0.05) is 13.2 Å². The highest BCUT2D eigenvalue weighted by Crippen LogP contribution is 2.35. The van der Waals surface area contributed by atoms with Crippen molar-refractivity contribution in [3.05, 3.63) is 35.4 Å². The Labute approximate surface area is 117 Å². The maximum Gasteiger partial charge on any atom is 0.0834 e. The maximum absolute atomic E-state index is 5.97. The second-order valence-electron chi connectivity index (χ2n) is 5.86. The van der Waals surface area contributed by atoms with Gasteiger partial charge in [0.25, 0.3) is 0 Å². The minimum Gasteiger partial charge on any atom is -0.377 e. The molecule has 1 fully saturated rings. The Morgan fingerprint density at radius 3 is 2.58 bits per heavy atom. The van der Waals surface area contributed by atoms with E-state index in [1.54, 1.807) is 0 Å². The molecule has 1 atom stereocenters. The van der Waals surface area contributed by atoms with Crippen LogP contribution < -0.4 is 5.32 Å². The zero-order chi connectivity index (χ0) is 13.7. The van der Waals surface area contributed by atoms with Crippen LogP contribution in [0.1, 0.15) is 43.2 Å². The van der Waals surface area contributed by atoms with Crippen molar-refractivity contribution >= 4 is 0 Å². The molecule has 1 aliphatic rings. The molecule has 106 valence electrons. The van der Waals surface area contributed by atoms with Crippen LogP contribution in [-0.2, 0) is 11.2 Å². The third-order valence-electron chi connectivity index (χ3n) is 4.61. The van der Waals surface area contributed by atoms with Crippen LogP contribution in [0.5, 0.6) is 0 Å². The zero-order valence-corrected chi connectivity index (χ0v) is 12.5. The van der Waals surface area contributed by atoms with Crippen molar-refractivity contribution in [1.82, 2.24) is 5.32 Å². The Morgan fingerprint density at radius 2 is 2.00 bits per heavy atom. The van der Waals surface area contributed by atoms with Gasteiger partial charge >= 0.3 is 0 Å². The highest BCUT2D eigenvalue weighted by Gasteiger charge is 2.39. The van der Waals surface area contributed by atoms with Crippen LogP contribution >= 0.6 is 0 Å². The van der Waals surface area contributed by atoms with Crippen LogP contribution in [0.4, 0.5) is 0 Å². The molecule has 0 aliphatic heterocycles. The first-order valence-corrected chi connectivity index (χ1v) is 7.48. The molecule has 1 unspecified atom stereocenters. The molecule has 0 spiro atoms. The first-order valence-electron chi connectivity index (χ1n) is 7.48. The fourth-order valence-electron chi connectivity index (χ4n) is 3.47. The summed E-state index contributed by atoms with van der Waals surface area (Å²) in [5.74, 6) is 0. The van der Waals surface area contributed by atoms with E-state index in [1.807, 2.05) is 7.11 Å². The SMILES string of the molecule is CNC(Cc1cccc(C)c1)C1(OC)CCCCC1. The van der Waals surface area contributed by atoms with Gasteiger partial charge in [-0.1, -0.05) is 49.1 Å². The Kier molecular flexibility index (Phi) is 5.00. The quantitative estimate of drug-likeness (QED) is 0.876. The topological polar surface area (TPSA) is 21.3 Å². The van der Waals surface area contributed by atoms with Gasteiger partial charge in [-0.25, -0.2) is 0 Å². The van der Waals surface area contributed by atoms with Gasteiger partial charge < -0.3 is 10.1 Å². The van der Waals surface area contributed by atoms with Crippen molar-refractivity contribution in [3.63, 3.8) is 0 Å². The molecule has 0 aromatic heterocycles. The number of likely N-dealkylation sites (N-methyl/N-ethyl adjacent to an activating group) is 1. The molecule has 1 aromatic carbocycles. The van der Waals surface area contributed by atoms with Gasteiger partial charge in [0.05, 0.1) is 5.60 Å². The molecule has 2 rings (SSSR count). The molecule has 0 heterocycles. The van der Waals surface area contributed by atoms with E-state index in [1.165, 1.54) is 43.2 Å². The van der Waals surface area contributed by atoms with Crippen molar-refractivity contribution in [1.29, 1.82) is 0 Å². The Bertz CT molecular complexity index is 396. The van der Waals surface area contributed by atoms with E-state index in [4.69, 9.17) is 4.74 Å². The summed E-state index contributed by atoms with van der Waals surface area (Å²) in [7, 11) is 3.95. The predicted molar refractivity (Wildman–Crippen MR) is 80.6 cm³/mol. The molecule has 0 radical (unpaired) electrons. The molecular formula is C17H27NO. The summed E-state index contributed by atoms with van der Waals surface area (Å²) in [6, 6.07) is 9.22. The summed E-state index contributed by atoms with van der Waals surface area (Å²) in [5.41, 5.74) is 2.76. The van der Waals surface area contributed by atoms with E-state index >= 15 is 0 Å². The first-order chi connectivity index (χ1) is 9.20. The van der Waals surface area contributed by atoms with E-state index in [-0.39, 0.29) is 5.60 Å². The lowest BCUT2D eigenvalue weighted by atomic mass is 9.77. The van der Waals surface area contributed by atoms with Crippen LogP contribution in [0.15, 0.2) is 24.3 Å². The van der Waals surface area contributed by atoms with Gasteiger partial charge in [-0.05, 0) is 38.8 Å². The second kappa shape index (κ2) is 6.53. The molecule has 0 bridgehead atoms. The molecule has 2 nitrogen and oxygen atoms in total. The van der Waals surface area contributed by atoms with E-state index < -0.39 is 0 Å². The highest BCUT2D eigenvalue weighted by molar-refractivity contribution is 5.23. The smallest absolute Gasteiger partial charge is 0.0834 e. The fourth-order valence-corrected chi connectivity index (χ4v) is 3.47. The summed E-state index contributed by atoms with van der Waals surface area (Å²) >= 11 is 0. The molecule has 1 saturated carbocycles. The normalized spacial score (nSPS) is 20.2. The third kappa shape index (κ3) is 3.37. The van der Waals surface area contributed by atoms with Gasteiger partial charge in [-0.3, -0.25) is 0 Å². The van der Waals surface area contributed by atoms with Crippen molar-refractivity contribution in [2.75, 3.05) is 14.2 Å². The van der Waals surface area contributed by atoms with Crippen LogP contribution in [0, 0.1) is 6.92 Å². The number of hydrogen-bond acceptors (Lipinski definition) is 2. The minimum atomic E-state index is 0.0245. The van der Waals surface area contributed by atoms with Crippen LogP contribution in [0.2, 0.25) is 0 Å². The van der Waals surface area contributed by atoms with Crippen molar-refractivity contribution in [2.45, 2.75) is 57.1 Å². The Balaban J connectivity index is 2.14. The van der Waals surface area contributed by atoms with E-state index in [2.05, 4.69) is 43.6 Å². The molecule has 1 N–H and O–H groups in total. The lowest BCUT2D eigenvalue weighted by Crippen LogP contribution is -2.53. The van der Waals surface area contributed by atoms with Crippen LogP contribution in [0.3, 0.4) is 0 Å². The summed E-state index contributed by atoms with van der Waals surface area (Å²) in [6.07, 6.45) is 7.35. The molecule has 19 heavy (non-hydrogen) atoms. The highest BCUT2D eigenvalue weighted by atomic mass is 16.5. The molecular weight excluding hydrogens is 234 g/mol. The van der Waals surface area contributed by atoms with Crippen molar-refractivity contribution in [3.8, 4) is 0 Å². The Morgan fingerprint density at radius 1 is 1.26 bits per heavy atom. The predicted octanol–water partition coefficient (Wildman–Crippen LogP) is 3.47. The summed E-state index contributed by atoms with van der Waals surface area (Å²) in [5, 5.41) is 3.51. The minimum absolute atomic E-state index is 0.0245. The van der Waals surface area contributed by atoms with Gasteiger partial charge in [0.15, 0.2) is 0 Å². The number of aryl methyl sites for hydroxylation is 1. The molecule has 2 heteroatoms. The standard InChI is InChI=1S/C17H27NO/c1-14-8-7-9-15(12-14)13-16(18-2)17(19-3)10-5-4-6-11-17/h7-9,12,16,18H,4-6,10-11,13H2,1-3H3. The Hall–Kier alpha value is -0.860. The lowest BCUT2D eigenvalue weighted by Gasteiger charge is -2.42. The number of benzene rings is 1. The third-order valence-corrected chi connectivity index (χ3v) is 4.61. The molecule has 0 amide bonds. The fraction of sp³-hybridized carbons (Fsp3) is 0.647. The van der Waals surface area contributed by atoms with Crippen LogP contribution in [0.25, 0.3) is 0 Å². The van der Waals surface area contributed by atoms with Gasteiger partial charge in [-0.15, -0.1) is 0 Å². The van der Waals surface area contributed by atoms with Gasteiger partial charge in [0.1, 0.15) is 0 Å². The molecule has 0 saturated heterocycles. The average molecular weight is 261 g/mol. The van der Waals surface area contributed by atoms with Gasteiger partial charge in [-0.2, -0.15) is 0 Å². The van der Waals surface area contributed by atoms with E-state index in [0.717, 1.165) is 6.42 Å². The number of nitrogens with one attached hydrogen (secondary N) is 1. The second-order valence-corrected chi connectivity index (χ2v) is 5.86.